The molecular formula is C16H13BrN2O2S. The fourth-order valence-corrected chi connectivity index (χ4v) is 3.51. The number of H-pyrrole nitrogens is 1. The number of carbonyl (C=O) groups is 1. The third-order valence-corrected chi connectivity index (χ3v) is 4.96. The predicted molar refractivity (Wildman–Crippen MR) is 92.4 cm³/mol. The second kappa shape index (κ2) is 6.06. The Morgan fingerprint density at radius 2 is 2.14 bits per heavy atom. The number of hydrogen-bond acceptors (Lipinski definition) is 3. The van der Waals surface area contributed by atoms with Crippen molar-refractivity contribution in [3.8, 4) is 0 Å². The molecule has 112 valence electrons. The molecule has 6 heteroatoms. The van der Waals surface area contributed by atoms with E-state index in [4.69, 9.17) is 0 Å². The van der Waals surface area contributed by atoms with Gasteiger partial charge in [-0.2, -0.15) is 0 Å². The normalized spacial score (nSPS) is 10.8. The summed E-state index contributed by atoms with van der Waals surface area (Å²) in [5.74, 6) is -0.283. The lowest BCUT2D eigenvalue weighted by molar-refractivity contribution is 0.0784. The number of carbonyl (C=O) groups excluding carboxylic acids is 1. The third-order valence-electron chi connectivity index (χ3n) is 3.41. The van der Waals surface area contributed by atoms with Crippen LogP contribution in [0, 0.1) is 0 Å². The number of amides is 1. The molecule has 1 N–H and O–H groups in total. The number of aromatic nitrogens is 1. The van der Waals surface area contributed by atoms with Gasteiger partial charge in [-0.1, -0.05) is 12.1 Å². The van der Waals surface area contributed by atoms with Gasteiger partial charge in [0, 0.05) is 30.7 Å². The number of thiophene rings is 1. The Balaban J connectivity index is 1.91. The summed E-state index contributed by atoms with van der Waals surface area (Å²) in [4.78, 5) is 29.5. The predicted octanol–water partition coefficient (Wildman–Crippen LogP) is 3.62. The maximum absolute atomic E-state index is 12.5. The van der Waals surface area contributed by atoms with Gasteiger partial charge in [-0.05, 0) is 45.1 Å². The SMILES string of the molecule is CN(Cc1csc(Br)c1)C(=O)c1c[nH]c2ccccc2c1=O. The number of rotatable bonds is 3. The molecule has 0 saturated heterocycles. The molecule has 3 aromatic rings. The molecule has 1 amide bonds. The van der Waals surface area contributed by atoms with Crippen LogP contribution in [0.3, 0.4) is 0 Å². The number of para-hydroxylation sites is 1. The van der Waals surface area contributed by atoms with E-state index < -0.39 is 0 Å². The van der Waals surface area contributed by atoms with Crippen LogP contribution in [-0.2, 0) is 6.54 Å². The number of pyridine rings is 1. The van der Waals surface area contributed by atoms with E-state index in [9.17, 15) is 9.59 Å². The summed E-state index contributed by atoms with van der Waals surface area (Å²) in [5.41, 5.74) is 1.69. The standard InChI is InChI=1S/C16H13BrN2O2S/c1-19(8-10-6-14(17)22-9-10)16(21)12-7-18-13-5-3-2-4-11(13)15(12)20/h2-7,9H,8H2,1H3,(H,18,20). The minimum absolute atomic E-state index is 0.162. The number of benzene rings is 1. The molecule has 0 radical (unpaired) electrons. The van der Waals surface area contributed by atoms with Gasteiger partial charge in [0.1, 0.15) is 5.56 Å². The van der Waals surface area contributed by atoms with Crippen molar-refractivity contribution in [1.82, 2.24) is 9.88 Å². The maximum Gasteiger partial charge on any atom is 0.259 e. The molecule has 1 aromatic carbocycles. The van der Waals surface area contributed by atoms with E-state index in [2.05, 4.69) is 20.9 Å². The maximum atomic E-state index is 12.5. The first-order chi connectivity index (χ1) is 10.6. The highest BCUT2D eigenvalue weighted by Crippen LogP contribution is 2.21. The van der Waals surface area contributed by atoms with Crippen LogP contribution in [0.15, 0.2) is 50.5 Å². The van der Waals surface area contributed by atoms with E-state index in [-0.39, 0.29) is 16.9 Å². The average molecular weight is 377 g/mol. The molecule has 22 heavy (non-hydrogen) atoms. The molecule has 0 spiro atoms. The summed E-state index contributed by atoms with van der Waals surface area (Å²) >= 11 is 4.97. The fourth-order valence-electron chi connectivity index (χ4n) is 2.31. The highest BCUT2D eigenvalue weighted by Gasteiger charge is 2.17. The molecule has 4 nitrogen and oxygen atoms in total. The van der Waals surface area contributed by atoms with Gasteiger partial charge in [0.15, 0.2) is 0 Å². The topological polar surface area (TPSA) is 53.2 Å². The lowest BCUT2D eigenvalue weighted by Gasteiger charge is -2.16. The molecule has 0 aliphatic rings. The summed E-state index contributed by atoms with van der Waals surface area (Å²) in [7, 11) is 1.70. The molecule has 0 atom stereocenters. The Morgan fingerprint density at radius 3 is 2.86 bits per heavy atom. The zero-order valence-electron chi connectivity index (χ0n) is 11.8. The fraction of sp³-hybridized carbons (Fsp3) is 0.125. The van der Waals surface area contributed by atoms with Crippen LogP contribution in [-0.4, -0.2) is 22.8 Å². The Kier molecular flexibility index (Phi) is 4.13. The molecule has 0 fully saturated rings. The monoisotopic (exact) mass is 376 g/mol. The average Bonchev–Trinajstić information content (AvgIpc) is 2.92. The van der Waals surface area contributed by atoms with Crippen molar-refractivity contribution in [2.75, 3.05) is 7.05 Å². The van der Waals surface area contributed by atoms with E-state index in [0.29, 0.717) is 11.9 Å². The first-order valence-electron chi connectivity index (χ1n) is 6.65. The lowest BCUT2D eigenvalue weighted by Crippen LogP contribution is -2.30. The van der Waals surface area contributed by atoms with Crippen LogP contribution in [0.5, 0.6) is 0 Å². The quantitative estimate of drug-likeness (QED) is 0.758. The van der Waals surface area contributed by atoms with Gasteiger partial charge in [-0.25, -0.2) is 0 Å². The molecule has 0 bridgehead atoms. The molecule has 0 aliphatic carbocycles. The van der Waals surface area contributed by atoms with Gasteiger partial charge >= 0.3 is 0 Å². The van der Waals surface area contributed by atoms with E-state index in [1.165, 1.54) is 6.20 Å². The molecule has 3 rings (SSSR count). The summed E-state index contributed by atoms with van der Waals surface area (Å²) < 4.78 is 1.02. The van der Waals surface area contributed by atoms with Crippen LogP contribution >= 0.6 is 27.3 Å². The first kappa shape index (κ1) is 15.0. The summed E-state index contributed by atoms with van der Waals surface area (Å²) in [6, 6.07) is 9.15. The number of fused-ring (bicyclic) bond motifs is 1. The van der Waals surface area contributed by atoms with Crippen molar-refractivity contribution >= 4 is 44.1 Å². The molecule has 0 aliphatic heterocycles. The van der Waals surface area contributed by atoms with E-state index in [1.807, 2.05) is 23.6 Å². The third kappa shape index (κ3) is 2.84. The van der Waals surface area contributed by atoms with Gasteiger partial charge in [-0.15, -0.1) is 11.3 Å². The number of hydrogen-bond donors (Lipinski definition) is 1. The van der Waals surface area contributed by atoms with Crippen molar-refractivity contribution < 1.29 is 4.79 Å². The zero-order chi connectivity index (χ0) is 15.7. The van der Waals surface area contributed by atoms with Crippen LogP contribution in [0.1, 0.15) is 15.9 Å². The van der Waals surface area contributed by atoms with E-state index >= 15 is 0 Å². The van der Waals surface area contributed by atoms with Crippen molar-refractivity contribution in [2.45, 2.75) is 6.54 Å². The Hall–Kier alpha value is -1.92. The smallest absolute Gasteiger partial charge is 0.259 e. The Morgan fingerprint density at radius 1 is 1.36 bits per heavy atom. The summed E-state index contributed by atoms with van der Waals surface area (Å²) in [5, 5.41) is 2.51. The van der Waals surface area contributed by atoms with Crippen LogP contribution in [0.2, 0.25) is 0 Å². The van der Waals surface area contributed by atoms with Crippen molar-refractivity contribution in [3.63, 3.8) is 0 Å². The summed E-state index contributed by atoms with van der Waals surface area (Å²) in [6.07, 6.45) is 1.49. The minimum Gasteiger partial charge on any atom is -0.360 e. The van der Waals surface area contributed by atoms with Crippen molar-refractivity contribution in [1.29, 1.82) is 0 Å². The number of nitrogens with one attached hydrogen (secondary N) is 1. The Bertz CT molecular complexity index is 900. The van der Waals surface area contributed by atoms with Crippen LogP contribution in [0.4, 0.5) is 0 Å². The molecule has 0 saturated carbocycles. The summed E-state index contributed by atoms with van der Waals surface area (Å²) in [6.45, 7) is 0.465. The van der Waals surface area contributed by atoms with E-state index in [0.717, 1.165) is 14.9 Å². The molecule has 2 aromatic heterocycles. The largest absolute Gasteiger partial charge is 0.360 e. The highest BCUT2D eigenvalue weighted by molar-refractivity contribution is 9.11. The first-order valence-corrected chi connectivity index (χ1v) is 8.32. The number of nitrogens with zero attached hydrogens (tertiary/aromatic N) is 1. The highest BCUT2D eigenvalue weighted by atomic mass is 79.9. The van der Waals surface area contributed by atoms with Gasteiger partial charge in [0.25, 0.3) is 5.91 Å². The molecule has 2 heterocycles. The van der Waals surface area contributed by atoms with Gasteiger partial charge in [0.05, 0.1) is 3.79 Å². The molecule has 0 unspecified atom stereocenters. The van der Waals surface area contributed by atoms with E-state index in [1.54, 1.807) is 35.4 Å². The Labute approximate surface area is 139 Å². The lowest BCUT2D eigenvalue weighted by atomic mass is 10.1. The molecular weight excluding hydrogens is 364 g/mol. The van der Waals surface area contributed by atoms with Gasteiger partial charge in [-0.3, -0.25) is 9.59 Å². The van der Waals surface area contributed by atoms with Crippen molar-refractivity contribution in [2.24, 2.45) is 0 Å². The second-order valence-electron chi connectivity index (χ2n) is 5.00. The zero-order valence-corrected chi connectivity index (χ0v) is 14.2. The second-order valence-corrected chi connectivity index (χ2v) is 7.29. The van der Waals surface area contributed by atoms with Gasteiger partial charge < -0.3 is 9.88 Å². The van der Waals surface area contributed by atoms with Crippen molar-refractivity contribution in [3.05, 3.63) is 67.0 Å². The number of aromatic amines is 1. The van der Waals surface area contributed by atoms with Crippen LogP contribution in [0.25, 0.3) is 10.9 Å². The van der Waals surface area contributed by atoms with Crippen LogP contribution < -0.4 is 5.43 Å². The van der Waals surface area contributed by atoms with Gasteiger partial charge in [0.2, 0.25) is 5.43 Å². The number of halogens is 1. The minimum atomic E-state index is -0.283.